The molecule has 0 saturated carbocycles. The number of carbonyl (C=O) groups is 2. The highest BCUT2D eigenvalue weighted by molar-refractivity contribution is 6.34. The zero-order valence-corrected chi connectivity index (χ0v) is 19.5. The van der Waals surface area contributed by atoms with Crippen molar-refractivity contribution in [2.45, 2.75) is 25.8 Å². The van der Waals surface area contributed by atoms with Crippen LogP contribution in [-0.4, -0.2) is 45.3 Å². The van der Waals surface area contributed by atoms with Gasteiger partial charge in [-0.15, -0.1) is 0 Å². The molecule has 7 nitrogen and oxygen atoms in total. The van der Waals surface area contributed by atoms with Crippen molar-refractivity contribution in [1.29, 1.82) is 0 Å². The summed E-state index contributed by atoms with van der Waals surface area (Å²) in [5.74, 6) is -1.45. The molecule has 1 aromatic heterocycles. The molecule has 0 spiro atoms. The van der Waals surface area contributed by atoms with E-state index in [1.54, 1.807) is 42.1 Å². The second-order valence-corrected chi connectivity index (χ2v) is 8.57. The molecule has 1 aliphatic heterocycles. The zero-order chi connectivity index (χ0) is 24.4. The Hall–Kier alpha value is -3.49. The fraction of sp³-hybridized carbons (Fsp3) is 0.240. The van der Waals surface area contributed by atoms with E-state index in [2.05, 4.69) is 10.4 Å². The number of hydrogen-bond donors (Lipinski definition) is 2. The van der Waals surface area contributed by atoms with E-state index in [0.29, 0.717) is 34.1 Å². The van der Waals surface area contributed by atoms with Gasteiger partial charge in [-0.3, -0.25) is 14.3 Å². The lowest BCUT2D eigenvalue weighted by Crippen LogP contribution is -2.33. The Morgan fingerprint density at radius 3 is 2.68 bits per heavy atom. The first-order valence-corrected chi connectivity index (χ1v) is 11.1. The molecule has 0 aliphatic carbocycles. The molecule has 1 unspecified atom stereocenters. The third-order valence-corrected chi connectivity index (χ3v) is 6.15. The minimum Gasteiger partial charge on any atom is -0.394 e. The van der Waals surface area contributed by atoms with Crippen molar-refractivity contribution in [1.82, 2.24) is 14.7 Å². The van der Waals surface area contributed by atoms with Crippen molar-refractivity contribution < 1.29 is 19.1 Å². The number of halogens is 2. The van der Waals surface area contributed by atoms with Crippen LogP contribution in [0.5, 0.6) is 0 Å². The van der Waals surface area contributed by atoms with E-state index in [1.165, 1.54) is 23.2 Å². The van der Waals surface area contributed by atoms with Crippen LogP contribution in [0.4, 0.5) is 10.1 Å². The zero-order valence-electron chi connectivity index (χ0n) is 18.8. The van der Waals surface area contributed by atoms with Gasteiger partial charge in [-0.25, -0.2) is 4.39 Å². The first-order valence-electron chi connectivity index (χ1n) is 10.8. The van der Waals surface area contributed by atoms with Gasteiger partial charge in [-0.2, -0.15) is 5.10 Å². The van der Waals surface area contributed by atoms with Gasteiger partial charge in [0.25, 0.3) is 5.91 Å². The summed E-state index contributed by atoms with van der Waals surface area (Å²) in [7, 11) is 1.59. The number of carbonyl (C=O) groups excluding carboxylic acids is 2. The van der Waals surface area contributed by atoms with E-state index in [4.69, 9.17) is 11.6 Å². The summed E-state index contributed by atoms with van der Waals surface area (Å²) in [5, 5.41) is 16.9. The fourth-order valence-corrected chi connectivity index (χ4v) is 4.12. The standard InChI is InChI=1S/C25H24ClFN4O3/c1-15-11-22(29-31(15)9-10-32)17-5-8-21(26)23(12-17)28-25(34)20-14-30(2)24(33)13-19(20)16-3-6-18(27)7-4-16/h3-8,11-12,14,19,32H,9-10,13H2,1-2H3,(H,28,34). The van der Waals surface area contributed by atoms with Crippen LogP contribution in [0.25, 0.3) is 11.3 Å². The van der Waals surface area contributed by atoms with Crippen molar-refractivity contribution in [3.63, 3.8) is 0 Å². The van der Waals surface area contributed by atoms with E-state index in [0.717, 1.165) is 11.3 Å². The first-order chi connectivity index (χ1) is 16.3. The van der Waals surface area contributed by atoms with Crippen molar-refractivity contribution >= 4 is 29.1 Å². The molecular formula is C25H24ClFN4O3. The number of benzene rings is 2. The van der Waals surface area contributed by atoms with Gasteiger partial charge in [-0.05, 0) is 42.8 Å². The van der Waals surface area contributed by atoms with Crippen LogP contribution < -0.4 is 5.32 Å². The smallest absolute Gasteiger partial charge is 0.253 e. The summed E-state index contributed by atoms with van der Waals surface area (Å²) >= 11 is 6.38. The highest BCUT2D eigenvalue weighted by atomic mass is 35.5. The third kappa shape index (κ3) is 4.88. The monoisotopic (exact) mass is 482 g/mol. The molecule has 0 radical (unpaired) electrons. The molecule has 4 rings (SSSR count). The maximum Gasteiger partial charge on any atom is 0.253 e. The number of nitrogens with one attached hydrogen (secondary N) is 1. The number of aliphatic hydroxyl groups is 1. The summed E-state index contributed by atoms with van der Waals surface area (Å²) in [5.41, 5.74) is 3.78. The lowest BCUT2D eigenvalue weighted by atomic mass is 9.85. The van der Waals surface area contributed by atoms with Gasteiger partial charge in [-0.1, -0.05) is 29.8 Å². The topological polar surface area (TPSA) is 87.5 Å². The molecule has 2 aromatic carbocycles. The Labute approximate surface area is 201 Å². The van der Waals surface area contributed by atoms with Crippen molar-refractivity contribution in [3.8, 4) is 11.3 Å². The van der Waals surface area contributed by atoms with Crippen LogP contribution in [0.1, 0.15) is 23.6 Å². The highest BCUT2D eigenvalue weighted by Crippen LogP contribution is 2.35. The second-order valence-electron chi connectivity index (χ2n) is 8.16. The molecule has 176 valence electrons. The second kappa shape index (κ2) is 9.79. The van der Waals surface area contributed by atoms with Gasteiger partial charge in [0.1, 0.15) is 5.82 Å². The summed E-state index contributed by atoms with van der Waals surface area (Å²) in [4.78, 5) is 27.0. The minimum atomic E-state index is -0.511. The Bertz CT molecular complexity index is 1270. The first kappa shape index (κ1) is 23.7. The van der Waals surface area contributed by atoms with Crippen LogP contribution in [0.15, 0.2) is 60.3 Å². The maximum atomic E-state index is 13.4. The molecule has 3 aromatic rings. The number of rotatable bonds is 6. The highest BCUT2D eigenvalue weighted by Gasteiger charge is 2.31. The quantitative estimate of drug-likeness (QED) is 0.553. The average molecular weight is 483 g/mol. The molecule has 34 heavy (non-hydrogen) atoms. The van der Waals surface area contributed by atoms with Crippen molar-refractivity contribution in [2.24, 2.45) is 0 Å². The number of anilines is 1. The molecule has 0 bridgehead atoms. The number of aromatic nitrogens is 2. The molecule has 1 atom stereocenters. The van der Waals surface area contributed by atoms with Crippen LogP contribution in [0, 0.1) is 12.7 Å². The van der Waals surface area contributed by atoms with Gasteiger partial charge in [0.05, 0.1) is 29.6 Å². The number of hydrogen-bond acceptors (Lipinski definition) is 4. The van der Waals surface area contributed by atoms with E-state index in [-0.39, 0.29) is 18.9 Å². The summed E-state index contributed by atoms with van der Waals surface area (Å²) in [6.07, 6.45) is 1.60. The Balaban J connectivity index is 1.63. The van der Waals surface area contributed by atoms with Crippen LogP contribution in [0.2, 0.25) is 5.02 Å². The normalized spacial score (nSPS) is 15.9. The summed E-state index contributed by atoms with van der Waals surface area (Å²) in [6, 6.07) is 12.9. The molecule has 2 heterocycles. The van der Waals surface area contributed by atoms with E-state index in [9.17, 15) is 19.1 Å². The molecule has 9 heteroatoms. The third-order valence-electron chi connectivity index (χ3n) is 5.82. The minimum absolute atomic E-state index is 0.0227. The Morgan fingerprint density at radius 1 is 1.24 bits per heavy atom. The average Bonchev–Trinajstić information content (AvgIpc) is 3.18. The predicted molar refractivity (Wildman–Crippen MR) is 128 cm³/mol. The van der Waals surface area contributed by atoms with Crippen LogP contribution in [-0.2, 0) is 16.1 Å². The number of aryl methyl sites for hydroxylation is 1. The lowest BCUT2D eigenvalue weighted by molar-refractivity contribution is -0.128. The van der Waals surface area contributed by atoms with Gasteiger partial charge in [0, 0.05) is 42.4 Å². The van der Waals surface area contributed by atoms with E-state index >= 15 is 0 Å². The largest absolute Gasteiger partial charge is 0.394 e. The molecule has 2 N–H and O–H groups in total. The van der Waals surface area contributed by atoms with Crippen LogP contribution >= 0.6 is 11.6 Å². The van der Waals surface area contributed by atoms with Gasteiger partial charge < -0.3 is 15.3 Å². The molecule has 0 saturated heterocycles. The predicted octanol–water partition coefficient (Wildman–Crippen LogP) is 4.11. The number of nitrogens with zero attached hydrogens (tertiary/aromatic N) is 3. The van der Waals surface area contributed by atoms with Gasteiger partial charge >= 0.3 is 0 Å². The van der Waals surface area contributed by atoms with Crippen LogP contribution in [0.3, 0.4) is 0 Å². The van der Waals surface area contributed by atoms with Gasteiger partial charge in [0.15, 0.2) is 0 Å². The van der Waals surface area contributed by atoms with Crippen molar-refractivity contribution in [3.05, 3.63) is 82.4 Å². The summed E-state index contributed by atoms with van der Waals surface area (Å²) in [6.45, 7) is 2.26. The number of aliphatic hydroxyl groups excluding tert-OH is 1. The molecular weight excluding hydrogens is 459 g/mol. The Morgan fingerprint density at radius 2 is 1.97 bits per heavy atom. The molecule has 2 amide bonds. The fourth-order valence-electron chi connectivity index (χ4n) is 3.96. The van der Waals surface area contributed by atoms with E-state index in [1.807, 2.05) is 13.0 Å². The van der Waals surface area contributed by atoms with Crippen molar-refractivity contribution in [2.75, 3.05) is 19.0 Å². The SMILES string of the molecule is Cc1cc(-c2ccc(Cl)c(NC(=O)C3=CN(C)C(=O)CC3c3ccc(F)cc3)c2)nn1CCO. The molecule has 1 aliphatic rings. The summed E-state index contributed by atoms with van der Waals surface area (Å²) < 4.78 is 15.1. The van der Waals surface area contributed by atoms with Gasteiger partial charge in [0.2, 0.25) is 5.91 Å². The lowest BCUT2D eigenvalue weighted by Gasteiger charge is -2.28. The van der Waals surface area contributed by atoms with E-state index < -0.39 is 17.6 Å². The number of amides is 2. The molecule has 0 fully saturated rings. The maximum absolute atomic E-state index is 13.4. The Kier molecular flexibility index (Phi) is 6.81.